The summed E-state index contributed by atoms with van der Waals surface area (Å²) in [5, 5.41) is 19.7. The Morgan fingerprint density at radius 2 is 1.81 bits per heavy atom. The SMILES string of the molecule is C[C@@H](CCCc1nc2c(c(=O)[nH]c(=O)n2C)n1C)CCC(O)C(C)(C)O. The van der Waals surface area contributed by atoms with Gasteiger partial charge in [0.05, 0.1) is 11.7 Å². The zero-order valence-electron chi connectivity index (χ0n) is 16.2. The zero-order valence-corrected chi connectivity index (χ0v) is 16.2. The number of H-pyrrole nitrogens is 1. The quantitative estimate of drug-likeness (QED) is 0.640. The van der Waals surface area contributed by atoms with Crippen LogP contribution in [0.5, 0.6) is 0 Å². The smallest absolute Gasteiger partial charge is 0.329 e. The topological polar surface area (TPSA) is 113 Å². The normalized spacial score (nSPS) is 14.7. The summed E-state index contributed by atoms with van der Waals surface area (Å²) in [4.78, 5) is 30.5. The molecule has 26 heavy (non-hydrogen) atoms. The van der Waals surface area contributed by atoms with Gasteiger partial charge in [-0.25, -0.2) is 9.78 Å². The molecule has 0 aliphatic rings. The number of aryl methyl sites for hydroxylation is 3. The summed E-state index contributed by atoms with van der Waals surface area (Å²) in [6.45, 7) is 5.35. The molecule has 2 aromatic rings. The number of aromatic nitrogens is 4. The number of hydrogen-bond acceptors (Lipinski definition) is 5. The molecular weight excluding hydrogens is 336 g/mol. The number of imidazole rings is 1. The van der Waals surface area contributed by atoms with Gasteiger partial charge in [-0.15, -0.1) is 0 Å². The van der Waals surface area contributed by atoms with Crippen LogP contribution in [0.25, 0.3) is 11.2 Å². The molecule has 0 amide bonds. The van der Waals surface area contributed by atoms with Crippen LogP contribution in [-0.2, 0) is 20.5 Å². The van der Waals surface area contributed by atoms with Crippen molar-refractivity contribution in [3.8, 4) is 0 Å². The van der Waals surface area contributed by atoms with Gasteiger partial charge in [-0.05, 0) is 39.0 Å². The summed E-state index contributed by atoms with van der Waals surface area (Å²) in [7, 11) is 3.38. The first kappa shape index (κ1) is 20.4. The van der Waals surface area contributed by atoms with Crippen molar-refractivity contribution in [1.29, 1.82) is 0 Å². The van der Waals surface area contributed by atoms with Gasteiger partial charge in [0.2, 0.25) is 0 Å². The largest absolute Gasteiger partial charge is 0.390 e. The number of aliphatic hydroxyl groups excluding tert-OH is 1. The summed E-state index contributed by atoms with van der Waals surface area (Å²) in [6, 6.07) is 0. The molecule has 8 heteroatoms. The van der Waals surface area contributed by atoms with Gasteiger partial charge < -0.3 is 14.8 Å². The van der Waals surface area contributed by atoms with Gasteiger partial charge >= 0.3 is 5.69 Å². The molecule has 2 rings (SSSR count). The third-order valence-electron chi connectivity index (χ3n) is 5.07. The molecule has 0 spiro atoms. The average Bonchev–Trinajstić information content (AvgIpc) is 2.87. The molecule has 0 fully saturated rings. The molecule has 8 nitrogen and oxygen atoms in total. The van der Waals surface area contributed by atoms with E-state index in [4.69, 9.17) is 0 Å². The van der Waals surface area contributed by atoms with Crippen LogP contribution in [0, 0.1) is 5.92 Å². The number of nitrogens with one attached hydrogen (secondary N) is 1. The van der Waals surface area contributed by atoms with E-state index in [1.807, 2.05) is 0 Å². The molecule has 0 saturated carbocycles. The van der Waals surface area contributed by atoms with Crippen molar-refractivity contribution in [3.63, 3.8) is 0 Å². The average molecular weight is 366 g/mol. The van der Waals surface area contributed by atoms with Gasteiger partial charge in [-0.2, -0.15) is 0 Å². The third kappa shape index (κ3) is 4.42. The minimum absolute atomic E-state index is 0.401. The Balaban J connectivity index is 1.97. The van der Waals surface area contributed by atoms with Gasteiger partial charge in [0.1, 0.15) is 5.82 Å². The van der Waals surface area contributed by atoms with Gasteiger partial charge in [-0.3, -0.25) is 14.3 Å². The Hall–Kier alpha value is -1.93. The van der Waals surface area contributed by atoms with Crippen LogP contribution in [0.4, 0.5) is 0 Å². The molecule has 1 unspecified atom stereocenters. The van der Waals surface area contributed by atoms with Crippen molar-refractivity contribution in [2.24, 2.45) is 20.0 Å². The molecule has 2 heterocycles. The van der Waals surface area contributed by atoms with Crippen LogP contribution in [-0.4, -0.2) is 41.0 Å². The van der Waals surface area contributed by atoms with Crippen LogP contribution < -0.4 is 11.2 Å². The second-order valence-electron chi connectivity index (χ2n) is 7.82. The van der Waals surface area contributed by atoms with E-state index in [-0.39, 0.29) is 0 Å². The molecule has 0 bridgehead atoms. The maximum atomic E-state index is 12.0. The minimum atomic E-state index is -1.07. The molecule has 2 atom stereocenters. The van der Waals surface area contributed by atoms with Crippen LogP contribution in [0.2, 0.25) is 0 Å². The lowest BCUT2D eigenvalue weighted by atomic mass is 9.91. The van der Waals surface area contributed by atoms with Crippen molar-refractivity contribution < 1.29 is 10.2 Å². The van der Waals surface area contributed by atoms with E-state index in [1.165, 1.54) is 4.57 Å². The van der Waals surface area contributed by atoms with E-state index < -0.39 is 23.0 Å². The predicted octanol–water partition coefficient (Wildman–Crippen LogP) is 0.831. The fraction of sp³-hybridized carbons (Fsp3) is 0.722. The first-order valence-corrected chi connectivity index (χ1v) is 9.07. The van der Waals surface area contributed by atoms with E-state index in [1.54, 1.807) is 32.5 Å². The second kappa shape index (κ2) is 7.75. The lowest BCUT2D eigenvalue weighted by Crippen LogP contribution is -2.35. The van der Waals surface area contributed by atoms with Crippen molar-refractivity contribution in [3.05, 3.63) is 26.7 Å². The highest BCUT2D eigenvalue weighted by Crippen LogP contribution is 2.20. The standard InChI is InChI=1S/C18H30N4O4/c1-11(9-10-12(23)18(2,3)26)7-6-8-13-19-15-14(21(13)4)16(24)20-17(25)22(15)5/h11-12,23,26H,6-10H2,1-5H3,(H,20,24,25)/t11-,12?/m0/s1. The molecule has 146 valence electrons. The van der Waals surface area contributed by atoms with Crippen LogP contribution in [0.15, 0.2) is 9.59 Å². The summed E-state index contributed by atoms with van der Waals surface area (Å²) in [6.07, 6.45) is 3.23. The van der Waals surface area contributed by atoms with Gasteiger partial charge in [0, 0.05) is 20.5 Å². The van der Waals surface area contributed by atoms with Gasteiger partial charge in [0.25, 0.3) is 5.56 Å². The van der Waals surface area contributed by atoms with Crippen LogP contribution >= 0.6 is 0 Å². The molecule has 0 saturated heterocycles. The Morgan fingerprint density at radius 1 is 1.15 bits per heavy atom. The fourth-order valence-electron chi connectivity index (χ4n) is 3.13. The van der Waals surface area contributed by atoms with Crippen molar-refractivity contribution in [1.82, 2.24) is 19.1 Å². The summed E-state index contributed by atoms with van der Waals surface area (Å²) in [5.41, 5.74) is -1.15. The maximum absolute atomic E-state index is 12.0. The number of hydrogen-bond donors (Lipinski definition) is 3. The summed E-state index contributed by atoms with van der Waals surface area (Å²) in [5.74, 6) is 1.19. The third-order valence-corrected chi connectivity index (χ3v) is 5.07. The van der Waals surface area contributed by atoms with E-state index >= 15 is 0 Å². The van der Waals surface area contributed by atoms with Crippen molar-refractivity contribution in [2.75, 3.05) is 0 Å². The highest BCUT2D eigenvalue weighted by atomic mass is 16.3. The number of aromatic amines is 1. The van der Waals surface area contributed by atoms with Crippen LogP contribution in [0.3, 0.4) is 0 Å². The van der Waals surface area contributed by atoms with E-state index in [0.29, 0.717) is 29.9 Å². The van der Waals surface area contributed by atoms with E-state index in [9.17, 15) is 19.8 Å². The number of rotatable bonds is 8. The lowest BCUT2D eigenvalue weighted by Gasteiger charge is -2.25. The van der Waals surface area contributed by atoms with Gasteiger partial charge in [0.15, 0.2) is 11.2 Å². The van der Waals surface area contributed by atoms with E-state index in [2.05, 4.69) is 16.9 Å². The van der Waals surface area contributed by atoms with Crippen molar-refractivity contribution >= 4 is 11.2 Å². The first-order chi connectivity index (χ1) is 12.0. The molecule has 0 aromatic carbocycles. The highest BCUT2D eigenvalue weighted by Gasteiger charge is 2.24. The fourth-order valence-corrected chi connectivity index (χ4v) is 3.13. The highest BCUT2D eigenvalue weighted by molar-refractivity contribution is 5.70. The molecule has 2 aromatic heterocycles. The van der Waals surface area contributed by atoms with Crippen LogP contribution in [0.1, 0.15) is 52.3 Å². The van der Waals surface area contributed by atoms with Crippen molar-refractivity contribution in [2.45, 2.75) is 64.6 Å². The maximum Gasteiger partial charge on any atom is 0.329 e. The number of aliphatic hydroxyl groups is 2. The lowest BCUT2D eigenvalue weighted by molar-refractivity contribution is -0.0535. The van der Waals surface area contributed by atoms with Gasteiger partial charge in [-0.1, -0.05) is 13.3 Å². The Kier molecular flexibility index (Phi) is 6.08. The summed E-state index contributed by atoms with van der Waals surface area (Å²) >= 11 is 0. The minimum Gasteiger partial charge on any atom is -0.390 e. The Bertz CT molecular complexity index is 872. The summed E-state index contributed by atoms with van der Waals surface area (Å²) < 4.78 is 3.09. The Morgan fingerprint density at radius 3 is 2.42 bits per heavy atom. The Labute approximate surface area is 152 Å². The number of fused-ring (bicyclic) bond motifs is 1. The zero-order chi connectivity index (χ0) is 19.6. The molecule has 0 radical (unpaired) electrons. The monoisotopic (exact) mass is 366 g/mol. The predicted molar refractivity (Wildman–Crippen MR) is 100 cm³/mol. The molecular formula is C18H30N4O4. The molecule has 3 N–H and O–H groups in total. The first-order valence-electron chi connectivity index (χ1n) is 9.07. The molecule has 0 aliphatic heterocycles. The second-order valence-corrected chi connectivity index (χ2v) is 7.82. The van der Waals surface area contributed by atoms with E-state index in [0.717, 1.165) is 25.1 Å². The molecule has 0 aliphatic carbocycles. The number of nitrogens with zero attached hydrogens (tertiary/aromatic N) is 3.